The van der Waals surface area contributed by atoms with Crippen molar-refractivity contribution in [3.8, 4) is 6.07 Å². The molecule has 19 heavy (non-hydrogen) atoms. The van der Waals surface area contributed by atoms with Gasteiger partial charge < -0.3 is 4.84 Å². The van der Waals surface area contributed by atoms with Crippen LogP contribution in [0.25, 0.3) is 0 Å². The summed E-state index contributed by atoms with van der Waals surface area (Å²) < 4.78 is 0. The Labute approximate surface area is 116 Å². The lowest BCUT2D eigenvalue weighted by molar-refractivity contribution is 0.132. The Bertz CT molecular complexity index is 632. The van der Waals surface area contributed by atoms with Gasteiger partial charge in [-0.05, 0) is 12.1 Å². The fourth-order valence-corrected chi connectivity index (χ4v) is 1.72. The molecule has 0 spiro atoms. The van der Waals surface area contributed by atoms with Crippen LogP contribution in [-0.2, 0) is 11.4 Å². The van der Waals surface area contributed by atoms with Crippen LogP contribution in [0.1, 0.15) is 16.7 Å². The molecular weight excluding hydrogens is 260 g/mol. The van der Waals surface area contributed by atoms with Gasteiger partial charge in [-0.15, -0.1) is 0 Å². The lowest BCUT2D eigenvalue weighted by Gasteiger charge is -2.02. The van der Waals surface area contributed by atoms with Gasteiger partial charge in [0.05, 0.1) is 17.8 Å². The molecule has 0 amide bonds. The molecule has 0 unspecified atom stereocenters. The predicted octanol–water partition coefficient (Wildman–Crippen LogP) is 3.76. The molecular formula is C15H11ClN2O. The van der Waals surface area contributed by atoms with Gasteiger partial charge in [-0.25, -0.2) is 0 Å². The molecule has 4 heteroatoms. The highest BCUT2D eigenvalue weighted by molar-refractivity contribution is 6.31. The molecule has 2 rings (SSSR count). The van der Waals surface area contributed by atoms with Crippen molar-refractivity contribution in [2.45, 2.75) is 6.61 Å². The average molecular weight is 271 g/mol. The Kier molecular flexibility index (Phi) is 4.54. The lowest BCUT2D eigenvalue weighted by Crippen LogP contribution is -1.91. The average Bonchev–Trinajstić information content (AvgIpc) is 2.45. The van der Waals surface area contributed by atoms with Crippen LogP contribution in [0.3, 0.4) is 0 Å². The SMILES string of the molecule is N#Cc1ccccc1C=NOCc1ccccc1Cl. The molecule has 0 radical (unpaired) electrons. The minimum Gasteiger partial charge on any atom is -0.391 e. The van der Waals surface area contributed by atoms with Crippen LogP contribution >= 0.6 is 11.6 Å². The second-order valence-corrected chi connectivity index (χ2v) is 4.21. The van der Waals surface area contributed by atoms with Gasteiger partial charge in [-0.1, -0.05) is 53.2 Å². The first-order valence-corrected chi connectivity index (χ1v) is 6.07. The van der Waals surface area contributed by atoms with Crippen molar-refractivity contribution in [1.29, 1.82) is 5.26 Å². The number of nitriles is 1. The number of hydrogen-bond acceptors (Lipinski definition) is 3. The zero-order valence-corrected chi connectivity index (χ0v) is 10.8. The summed E-state index contributed by atoms with van der Waals surface area (Å²) in [5.41, 5.74) is 2.16. The fraction of sp³-hybridized carbons (Fsp3) is 0.0667. The van der Waals surface area contributed by atoms with Gasteiger partial charge in [0.15, 0.2) is 0 Å². The van der Waals surface area contributed by atoms with E-state index in [9.17, 15) is 0 Å². The van der Waals surface area contributed by atoms with Crippen LogP contribution in [0.5, 0.6) is 0 Å². The highest BCUT2D eigenvalue weighted by Crippen LogP contribution is 2.15. The fourth-order valence-electron chi connectivity index (χ4n) is 1.53. The van der Waals surface area contributed by atoms with Crippen LogP contribution in [0.2, 0.25) is 5.02 Å². The number of halogens is 1. The maximum absolute atomic E-state index is 8.92. The second-order valence-electron chi connectivity index (χ2n) is 3.80. The third kappa shape index (κ3) is 3.57. The van der Waals surface area contributed by atoms with Crippen molar-refractivity contribution < 1.29 is 4.84 Å². The third-order valence-corrected chi connectivity index (χ3v) is 2.89. The molecule has 0 fully saturated rings. The predicted molar refractivity (Wildman–Crippen MR) is 75.0 cm³/mol. The molecule has 0 aromatic heterocycles. The highest BCUT2D eigenvalue weighted by Gasteiger charge is 1.99. The van der Waals surface area contributed by atoms with E-state index in [4.69, 9.17) is 21.7 Å². The van der Waals surface area contributed by atoms with Gasteiger partial charge >= 0.3 is 0 Å². The second kappa shape index (κ2) is 6.58. The van der Waals surface area contributed by atoms with Gasteiger partial charge in [0.1, 0.15) is 6.61 Å². The smallest absolute Gasteiger partial charge is 0.143 e. The van der Waals surface area contributed by atoms with E-state index in [0.29, 0.717) is 17.2 Å². The number of benzene rings is 2. The monoisotopic (exact) mass is 270 g/mol. The normalized spacial score (nSPS) is 10.3. The Hall–Kier alpha value is -2.31. The molecule has 0 aliphatic carbocycles. The Morgan fingerprint density at radius 2 is 1.89 bits per heavy atom. The van der Waals surface area contributed by atoms with Crippen molar-refractivity contribution in [3.05, 3.63) is 70.2 Å². The van der Waals surface area contributed by atoms with Crippen molar-refractivity contribution in [3.63, 3.8) is 0 Å². The summed E-state index contributed by atoms with van der Waals surface area (Å²) >= 11 is 5.99. The van der Waals surface area contributed by atoms with E-state index in [1.165, 1.54) is 6.21 Å². The third-order valence-electron chi connectivity index (χ3n) is 2.53. The van der Waals surface area contributed by atoms with Crippen LogP contribution in [0.15, 0.2) is 53.7 Å². The maximum Gasteiger partial charge on any atom is 0.143 e. The lowest BCUT2D eigenvalue weighted by atomic mass is 10.1. The van der Waals surface area contributed by atoms with E-state index < -0.39 is 0 Å². The van der Waals surface area contributed by atoms with E-state index >= 15 is 0 Å². The van der Waals surface area contributed by atoms with E-state index in [2.05, 4.69) is 11.2 Å². The molecule has 0 saturated carbocycles. The summed E-state index contributed by atoms with van der Waals surface area (Å²) in [6.45, 7) is 0.297. The largest absolute Gasteiger partial charge is 0.391 e. The Balaban J connectivity index is 1.98. The molecule has 0 atom stereocenters. The number of hydrogen-bond donors (Lipinski definition) is 0. The summed E-state index contributed by atoms with van der Waals surface area (Å²) in [7, 11) is 0. The zero-order valence-electron chi connectivity index (χ0n) is 10.1. The Morgan fingerprint density at radius 1 is 1.16 bits per heavy atom. The first kappa shape index (κ1) is 13.1. The highest BCUT2D eigenvalue weighted by atomic mass is 35.5. The van der Waals surface area contributed by atoms with Crippen LogP contribution in [0.4, 0.5) is 0 Å². The maximum atomic E-state index is 8.92. The molecule has 0 saturated heterocycles. The van der Waals surface area contributed by atoms with E-state index in [0.717, 1.165) is 11.1 Å². The summed E-state index contributed by atoms with van der Waals surface area (Å²) in [6.07, 6.45) is 1.52. The van der Waals surface area contributed by atoms with Crippen LogP contribution in [0, 0.1) is 11.3 Å². The standard InChI is InChI=1S/C15H11ClN2O/c16-15-8-4-3-7-14(15)11-19-18-10-13-6-2-1-5-12(13)9-17/h1-8,10H,11H2. The summed E-state index contributed by atoms with van der Waals surface area (Å²) in [4.78, 5) is 5.18. The summed E-state index contributed by atoms with van der Waals surface area (Å²) in [5.74, 6) is 0. The molecule has 0 aliphatic heterocycles. The van der Waals surface area contributed by atoms with Gasteiger partial charge in [0.25, 0.3) is 0 Å². The van der Waals surface area contributed by atoms with Crippen molar-refractivity contribution >= 4 is 17.8 Å². The molecule has 0 heterocycles. The van der Waals surface area contributed by atoms with Gasteiger partial charge in [0.2, 0.25) is 0 Å². The van der Waals surface area contributed by atoms with Gasteiger partial charge in [0, 0.05) is 16.1 Å². The molecule has 2 aromatic rings. The molecule has 0 aliphatic rings. The minimum absolute atomic E-state index is 0.297. The van der Waals surface area contributed by atoms with Gasteiger partial charge in [-0.2, -0.15) is 5.26 Å². The minimum atomic E-state index is 0.297. The molecule has 3 nitrogen and oxygen atoms in total. The van der Waals surface area contributed by atoms with Gasteiger partial charge in [-0.3, -0.25) is 0 Å². The number of rotatable bonds is 4. The topological polar surface area (TPSA) is 45.4 Å². The molecule has 94 valence electrons. The van der Waals surface area contributed by atoms with E-state index in [-0.39, 0.29) is 0 Å². The number of oxime groups is 1. The first-order valence-electron chi connectivity index (χ1n) is 5.69. The van der Waals surface area contributed by atoms with Crippen molar-refractivity contribution in [2.75, 3.05) is 0 Å². The molecule has 0 bridgehead atoms. The Morgan fingerprint density at radius 3 is 2.68 bits per heavy atom. The van der Waals surface area contributed by atoms with Crippen molar-refractivity contribution in [2.24, 2.45) is 5.16 Å². The van der Waals surface area contributed by atoms with Crippen LogP contribution in [-0.4, -0.2) is 6.21 Å². The van der Waals surface area contributed by atoms with Crippen LogP contribution < -0.4 is 0 Å². The van der Waals surface area contributed by atoms with Crippen molar-refractivity contribution in [1.82, 2.24) is 0 Å². The van der Waals surface area contributed by atoms with E-state index in [1.54, 1.807) is 24.3 Å². The van der Waals surface area contributed by atoms with E-state index in [1.807, 2.05) is 24.3 Å². The summed E-state index contributed by atoms with van der Waals surface area (Å²) in [6, 6.07) is 16.7. The molecule has 0 N–H and O–H groups in total. The summed E-state index contributed by atoms with van der Waals surface area (Å²) in [5, 5.41) is 13.4. The zero-order chi connectivity index (χ0) is 13.5. The quantitative estimate of drug-likeness (QED) is 0.627. The molecule has 2 aromatic carbocycles. The number of nitrogens with zero attached hydrogens (tertiary/aromatic N) is 2. The first-order chi connectivity index (χ1) is 9.31.